The van der Waals surface area contributed by atoms with Crippen molar-refractivity contribution >= 4 is 54.8 Å². The lowest BCUT2D eigenvalue weighted by Gasteiger charge is -2.32. The number of ether oxygens (including phenoxy) is 1. The van der Waals surface area contributed by atoms with Crippen molar-refractivity contribution in [1.82, 2.24) is 9.62 Å². The molecule has 10 heteroatoms. The molecule has 1 aliphatic rings. The van der Waals surface area contributed by atoms with Crippen LogP contribution in [0.2, 0.25) is 5.02 Å². The fourth-order valence-corrected chi connectivity index (χ4v) is 5.90. The molecule has 1 aromatic heterocycles. The summed E-state index contributed by atoms with van der Waals surface area (Å²) in [6.45, 7) is 0.430. The Morgan fingerprint density at radius 1 is 1.65 bits per heavy atom. The van der Waals surface area contributed by atoms with E-state index in [-0.39, 0.29) is 24.0 Å². The molecule has 1 saturated heterocycles. The van der Waals surface area contributed by atoms with Crippen molar-refractivity contribution in [1.29, 1.82) is 0 Å². The zero-order chi connectivity index (χ0) is 14.9. The van der Waals surface area contributed by atoms with Gasteiger partial charge >= 0.3 is 0 Å². The van der Waals surface area contributed by atoms with E-state index < -0.39 is 22.0 Å². The third kappa shape index (κ3) is 3.02. The number of halogens is 2. The lowest BCUT2D eigenvalue weighted by Crippen LogP contribution is -2.55. The minimum atomic E-state index is -3.77. The van der Waals surface area contributed by atoms with Crippen LogP contribution in [0, 0.1) is 0 Å². The molecule has 0 saturated carbocycles. The number of carbonyl (C=O) groups excluding carboxylic acids is 1. The van der Waals surface area contributed by atoms with Crippen molar-refractivity contribution in [2.75, 3.05) is 26.8 Å². The van der Waals surface area contributed by atoms with Gasteiger partial charge < -0.3 is 10.1 Å². The van der Waals surface area contributed by atoms with Gasteiger partial charge in [-0.05, 0) is 22.0 Å². The van der Waals surface area contributed by atoms with Gasteiger partial charge in [-0.15, -0.1) is 11.3 Å². The van der Waals surface area contributed by atoms with E-state index in [0.717, 1.165) is 15.6 Å². The van der Waals surface area contributed by atoms with E-state index in [1.54, 1.807) is 0 Å². The Hall–Kier alpha value is -0.190. The zero-order valence-corrected chi connectivity index (χ0v) is 14.4. The Kier molecular flexibility index (Phi) is 5.09. The molecule has 6 nitrogen and oxygen atoms in total. The lowest BCUT2D eigenvalue weighted by atomic mass is 10.2. The van der Waals surface area contributed by atoms with Crippen LogP contribution in [0.15, 0.2) is 14.1 Å². The second kappa shape index (κ2) is 6.29. The number of amides is 1. The van der Waals surface area contributed by atoms with Crippen molar-refractivity contribution in [3.05, 3.63) is 14.9 Å². The Labute approximate surface area is 134 Å². The first-order chi connectivity index (χ1) is 9.37. The average Bonchev–Trinajstić information content (AvgIpc) is 2.78. The Morgan fingerprint density at radius 3 is 2.90 bits per heavy atom. The number of thiophene rings is 1. The first kappa shape index (κ1) is 16.2. The molecule has 1 fully saturated rings. The van der Waals surface area contributed by atoms with Crippen LogP contribution in [-0.4, -0.2) is 51.5 Å². The molecule has 0 aromatic carbocycles. The molecular weight excluding hydrogens is 392 g/mol. The molecule has 0 bridgehead atoms. The summed E-state index contributed by atoms with van der Waals surface area (Å²) in [4.78, 5) is 11.8. The quantitative estimate of drug-likeness (QED) is 0.825. The number of carbonyl (C=O) groups is 1. The number of nitrogens with one attached hydrogen (secondary N) is 1. The molecule has 1 atom stereocenters. The molecule has 0 spiro atoms. The zero-order valence-electron chi connectivity index (χ0n) is 10.4. The van der Waals surface area contributed by atoms with E-state index in [1.807, 2.05) is 0 Å². The number of hydrogen-bond acceptors (Lipinski definition) is 5. The van der Waals surface area contributed by atoms with Crippen LogP contribution in [-0.2, 0) is 19.6 Å². The molecular formula is C10H12BrClN2O4S2. The third-order valence-electron chi connectivity index (χ3n) is 2.81. The van der Waals surface area contributed by atoms with Gasteiger partial charge in [-0.2, -0.15) is 4.31 Å². The summed E-state index contributed by atoms with van der Waals surface area (Å²) in [5, 5.41) is 2.78. The van der Waals surface area contributed by atoms with Crippen molar-refractivity contribution < 1.29 is 17.9 Å². The second-order valence-electron chi connectivity index (χ2n) is 4.01. The number of sulfonamides is 1. The van der Waals surface area contributed by atoms with E-state index in [0.29, 0.717) is 8.81 Å². The van der Waals surface area contributed by atoms with Gasteiger partial charge in [0.25, 0.3) is 10.0 Å². The molecule has 2 heterocycles. The van der Waals surface area contributed by atoms with Crippen molar-refractivity contribution in [3.63, 3.8) is 0 Å². The van der Waals surface area contributed by atoms with Crippen LogP contribution in [0.3, 0.4) is 0 Å². The average molecular weight is 404 g/mol. The number of hydrogen-bond donors (Lipinski definition) is 1. The summed E-state index contributed by atoms with van der Waals surface area (Å²) in [5.41, 5.74) is 0. The van der Waals surface area contributed by atoms with Crippen molar-refractivity contribution in [3.8, 4) is 0 Å². The first-order valence-corrected chi connectivity index (χ1v) is 9.06. The minimum Gasteiger partial charge on any atom is -0.378 e. The van der Waals surface area contributed by atoms with E-state index >= 15 is 0 Å². The molecule has 20 heavy (non-hydrogen) atoms. The van der Waals surface area contributed by atoms with Gasteiger partial charge in [0.2, 0.25) is 5.91 Å². The topological polar surface area (TPSA) is 75.7 Å². The summed E-state index contributed by atoms with van der Waals surface area (Å²) < 4.78 is 32.2. The van der Waals surface area contributed by atoms with Gasteiger partial charge in [0.05, 0.1) is 22.0 Å². The van der Waals surface area contributed by atoms with Gasteiger partial charge in [-0.3, -0.25) is 4.79 Å². The molecule has 1 unspecified atom stereocenters. The monoisotopic (exact) mass is 402 g/mol. The summed E-state index contributed by atoms with van der Waals surface area (Å²) in [6.07, 6.45) is 0. The fourth-order valence-electron chi connectivity index (χ4n) is 1.82. The standard InChI is InChI=1S/C10H12BrClN2O4S2/c1-13-10(15)7-5-18-3-2-14(7)20(16,17)8-4-6(12)9(11)19-8/h4,7H,2-3,5H2,1H3,(H,13,15). The van der Waals surface area contributed by atoms with Crippen LogP contribution in [0.1, 0.15) is 0 Å². The van der Waals surface area contributed by atoms with Gasteiger partial charge in [0.15, 0.2) is 0 Å². The second-order valence-corrected chi connectivity index (χ2v) is 8.90. The normalized spacial score (nSPS) is 20.9. The molecule has 1 aliphatic heterocycles. The lowest BCUT2D eigenvalue weighted by molar-refractivity contribution is -0.128. The van der Waals surface area contributed by atoms with E-state index in [9.17, 15) is 13.2 Å². The van der Waals surface area contributed by atoms with Crippen LogP contribution in [0.25, 0.3) is 0 Å². The maximum atomic E-state index is 12.6. The minimum absolute atomic E-state index is 0.0409. The SMILES string of the molecule is CNC(=O)C1COCCN1S(=O)(=O)c1cc(Cl)c(Br)s1. The molecule has 1 amide bonds. The highest BCUT2D eigenvalue weighted by Crippen LogP contribution is 2.36. The van der Waals surface area contributed by atoms with Crippen LogP contribution in [0.4, 0.5) is 0 Å². The van der Waals surface area contributed by atoms with E-state index in [4.69, 9.17) is 16.3 Å². The highest BCUT2D eigenvalue weighted by atomic mass is 79.9. The summed E-state index contributed by atoms with van der Waals surface area (Å²) >= 11 is 10.1. The number of nitrogens with zero attached hydrogens (tertiary/aromatic N) is 1. The number of rotatable bonds is 3. The molecule has 1 aromatic rings. The largest absolute Gasteiger partial charge is 0.378 e. The molecule has 112 valence electrons. The van der Waals surface area contributed by atoms with Gasteiger partial charge in [0, 0.05) is 13.6 Å². The first-order valence-electron chi connectivity index (χ1n) is 5.64. The smallest absolute Gasteiger partial charge is 0.253 e. The molecule has 2 rings (SSSR count). The predicted octanol–water partition coefficient (Wildman–Crippen LogP) is 1.30. The third-order valence-corrected chi connectivity index (χ3v) is 7.65. The Bertz CT molecular complexity index is 599. The predicted molar refractivity (Wildman–Crippen MR) is 79.6 cm³/mol. The van der Waals surface area contributed by atoms with Gasteiger partial charge in [-0.25, -0.2) is 8.42 Å². The number of likely N-dealkylation sites (N-methyl/N-ethyl adjacent to an activating group) is 1. The van der Waals surface area contributed by atoms with E-state index in [2.05, 4.69) is 21.2 Å². The van der Waals surface area contributed by atoms with Crippen molar-refractivity contribution in [2.45, 2.75) is 10.3 Å². The maximum absolute atomic E-state index is 12.6. The maximum Gasteiger partial charge on any atom is 0.253 e. The van der Waals surface area contributed by atoms with E-state index in [1.165, 1.54) is 13.1 Å². The van der Waals surface area contributed by atoms with Crippen LogP contribution < -0.4 is 5.32 Å². The molecule has 1 N–H and O–H groups in total. The highest BCUT2D eigenvalue weighted by molar-refractivity contribution is 9.11. The van der Waals surface area contributed by atoms with Crippen molar-refractivity contribution in [2.24, 2.45) is 0 Å². The van der Waals surface area contributed by atoms with Gasteiger partial charge in [0.1, 0.15) is 10.3 Å². The molecule has 0 aliphatic carbocycles. The highest BCUT2D eigenvalue weighted by Gasteiger charge is 2.38. The molecule has 0 radical (unpaired) electrons. The summed E-state index contributed by atoms with van der Waals surface area (Å²) in [5.74, 6) is -0.394. The van der Waals surface area contributed by atoms with Gasteiger partial charge in [-0.1, -0.05) is 11.6 Å². The summed E-state index contributed by atoms with van der Waals surface area (Å²) in [7, 11) is -2.31. The summed E-state index contributed by atoms with van der Waals surface area (Å²) in [6, 6.07) is 0.514. The Balaban J connectivity index is 2.37. The van der Waals surface area contributed by atoms with Crippen LogP contribution in [0.5, 0.6) is 0 Å². The Morgan fingerprint density at radius 2 is 2.35 bits per heavy atom. The fraction of sp³-hybridized carbons (Fsp3) is 0.500. The van der Waals surface area contributed by atoms with Crippen LogP contribution >= 0.6 is 38.9 Å². The number of morpholine rings is 1.